The fourth-order valence-electron chi connectivity index (χ4n) is 4.61. The maximum Gasteiger partial charge on any atom is 0.0174 e. The number of piperidine rings is 1. The van der Waals surface area contributed by atoms with Crippen LogP contribution in [0.25, 0.3) is 0 Å². The zero-order valence-electron chi connectivity index (χ0n) is 20.8. The Balaban J connectivity index is 3.17. The van der Waals surface area contributed by atoms with Crippen LogP contribution in [0.1, 0.15) is 108 Å². The number of rotatable bonds is 7. The Hall–Kier alpha value is -0.460. The van der Waals surface area contributed by atoms with Crippen LogP contribution in [0, 0.1) is 33.5 Å². The molecule has 0 bridgehead atoms. The molecular formula is C26H51N. The van der Waals surface area contributed by atoms with E-state index in [0.29, 0.717) is 22.7 Å². The van der Waals surface area contributed by atoms with Gasteiger partial charge in [-0.15, -0.1) is 0 Å². The number of hydrogen-bond acceptors (Lipinski definition) is 1. The maximum absolute atomic E-state index is 4.70. The second-order valence-corrected chi connectivity index (χ2v) is 12.9. The fraction of sp³-hybridized carbons (Fsp3) is 0.923. The van der Waals surface area contributed by atoms with E-state index in [1.807, 2.05) is 0 Å². The van der Waals surface area contributed by atoms with Crippen molar-refractivity contribution >= 4 is 0 Å². The molecule has 1 aliphatic heterocycles. The van der Waals surface area contributed by atoms with Gasteiger partial charge < -0.3 is 4.90 Å². The normalized spacial score (nSPS) is 19.7. The van der Waals surface area contributed by atoms with Gasteiger partial charge in [0, 0.05) is 24.7 Å². The van der Waals surface area contributed by atoms with Crippen LogP contribution in [0.5, 0.6) is 0 Å². The zero-order valence-corrected chi connectivity index (χ0v) is 20.8. The minimum Gasteiger partial charge on any atom is -0.375 e. The highest BCUT2D eigenvalue weighted by Crippen LogP contribution is 2.55. The van der Waals surface area contributed by atoms with Crippen LogP contribution in [0.15, 0.2) is 12.3 Å². The maximum atomic E-state index is 4.70. The molecule has 0 N–H and O–H groups in total. The summed E-state index contributed by atoms with van der Waals surface area (Å²) < 4.78 is 0. The van der Waals surface area contributed by atoms with E-state index in [1.165, 1.54) is 50.9 Å². The smallest absolute Gasteiger partial charge is 0.0174 e. The third kappa shape index (κ3) is 6.53. The monoisotopic (exact) mass is 377 g/mol. The minimum atomic E-state index is 0.203. The van der Waals surface area contributed by atoms with Crippen LogP contribution in [-0.4, -0.2) is 18.0 Å². The third-order valence-corrected chi connectivity index (χ3v) is 7.89. The van der Waals surface area contributed by atoms with Crippen molar-refractivity contribution in [1.82, 2.24) is 4.90 Å². The van der Waals surface area contributed by atoms with Crippen molar-refractivity contribution in [3.05, 3.63) is 12.3 Å². The summed E-state index contributed by atoms with van der Waals surface area (Å²) in [6, 6.07) is 0. The summed E-state index contributed by atoms with van der Waals surface area (Å²) in [5.74, 6) is 1.23. The molecular weight excluding hydrogens is 326 g/mol. The summed E-state index contributed by atoms with van der Waals surface area (Å²) in [6.07, 6.45) is 6.50. The van der Waals surface area contributed by atoms with Gasteiger partial charge in [-0.2, -0.15) is 0 Å². The molecule has 27 heavy (non-hydrogen) atoms. The molecule has 0 aromatic heterocycles. The van der Waals surface area contributed by atoms with Crippen LogP contribution in [0.2, 0.25) is 0 Å². The van der Waals surface area contributed by atoms with Crippen LogP contribution in [-0.2, 0) is 0 Å². The average Bonchev–Trinajstić information content (AvgIpc) is 2.50. The van der Waals surface area contributed by atoms with Crippen LogP contribution in [0.4, 0.5) is 0 Å². The highest BCUT2D eigenvalue weighted by molar-refractivity contribution is 5.10. The number of nitrogens with zero attached hydrogens (tertiary/aromatic N) is 1. The van der Waals surface area contributed by atoms with Crippen molar-refractivity contribution in [2.24, 2.45) is 33.5 Å². The van der Waals surface area contributed by atoms with Crippen LogP contribution < -0.4 is 0 Å². The van der Waals surface area contributed by atoms with Gasteiger partial charge in [0.25, 0.3) is 0 Å². The molecule has 1 fully saturated rings. The van der Waals surface area contributed by atoms with Gasteiger partial charge in [0.05, 0.1) is 0 Å². The third-order valence-electron chi connectivity index (χ3n) is 7.89. The van der Waals surface area contributed by atoms with E-state index in [9.17, 15) is 0 Å². The molecule has 1 heterocycles. The van der Waals surface area contributed by atoms with E-state index in [2.05, 4.69) is 81.1 Å². The summed E-state index contributed by atoms with van der Waals surface area (Å²) in [4.78, 5) is 2.62. The van der Waals surface area contributed by atoms with Crippen LogP contribution >= 0.6 is 0 Å². The zero-order chi connectivity index (χ0) is 21.3. The van der Waals surface area contributed by atoms with E-state index in [-0.39, 0.29) is 10.8 Å². The molecule has 1 nitrogen and oxygen atoms in total. The number of allylic oxidation sites excluding steroid dienone is 1. The van der Waals surface area contributed by atoms with E-state index in [4.69, 9.17) is 6.58 Å². The van der Waals surface area contributed by atoms with E-state index in [0.717, 1.165) is 0 Å². The highest BCUT2D eigenvalue weighted by atomic mass is 15.1. The SMILES string of the molecule is C=C(C(CC(C)(C)C)C(C)(C)C(C)(C)CC(C)C(C)(C)C)N1CCCCC1. The van der Waals surface area contributed by atoms with Crippen molar-refractivity contribution in [3.8, 4) is 0 Å². The van der Waals surface area contributed by atoms with E-state index in [1.54, 1.807) is 0 Å². The Labute approximate surface area is 172 Å². The Morgan fingerprint density at radius 2 is 1.30 bits per heavy atom. The molecule has 2 atom stereocenters. The largest absolute Gasteiger partial charge is 0.375 e. The van der Waals surface area contributed by atoms with Gasteiger partial charge in [-0.05, 0) is 59.7 Å². The Bertz CT molecular complexity index is 477. The molecule has 0 spiro atoms. The topological polar surface area (TPSA) is 3.24 Å². The first-order valence-electron chi connectivity index (χ1n) is 11.4. The second-order valence-electron chi connectivity index (χ2n) is 12.9. The molecule has 0 radical (unpaired) electrons. The van der Waals surface area contributed by atoms with Crippen molar-refractivity contribution < 1.29 is 0 Å². The van der Waals surface area contributed by atoms with Crippen molar-refractivity contribution in [1.29, 1.82) is 0 Å². The summed E-state index contributed by atoms with van der Waals surface area (Å²) in [7, 11) is 0. The Morgan fingerprint density at radius 1 is 0.815 bits per heavy atom. The second kappa shape index (κ2) is 8.50. The minimum absolute atomic E-state index is 0.203. The first-order chi connectivity index (χ1) is 12.0. The molecule has 2 unspecified atom stereocenters. The molecule has 0 amide bonds. The summed E-state index contributed by atoms with van der Waals surface area (Å²) >= 11 is 0. The highest BCUT2D eigenvalue weighted by Gasteiger charge is 2.47. The molecule has 0 aromatic carbocycles. The first-order valence-corrected chi connectivity index (χ1v) is 11.4. The van der Waals surface area contributed by atoms with Crippen molar-refractivity contribution in [3.63, 3.8) is 0 Å². The summed E-state index contributed by atoms with van der Waals surface area (Å²) in [5, 5.41) is 0. The lowest BCUT2D eigenvalue weighted by molar-refractivity contribution is -0.00752. The summed E-state index contributed by atoms with van der Waals surface area (Å²) in [5.41, 5.74) is 2.54. The molecule has 1 rings (SSSR count). The molecule has 1 aliphatic rings. The predicted octanol–water partition coefficient (Wildman–Crippen LogP) is 8.16. The lowest BCUT2D eigenvalue weighted by Gasteiger charge is -2.53. The van der Waals surface area contributed by atoms with Gasteiger partial charge in [-0.3, -0.25) is 0 Å². The van der Waals surface area contributed by atoms with Gasteiger partial charge in [0.1, 0.15) is 0 Å². The van der Waals surface area contributed by atoms with Crippen molar-refractivity contribution in [2.45, 2.75) is 108 Å². The van der Waals surface area contributed by atoms with Crippen LogP contribution in [0.3, 0.4) is 0 Å². The molecule has 0 aliphatic carbocycles. The molecule has 0 aromatic rings. The Morgan fingerprint density at radius 3 is 1.70 bits per heavy atom. The lowest BCUT2D eigenvalue weighted by atomic mass is 9.54. The molecule has 1 heteroatoms. The van der Waals surface area contributed by atoms with E-state index >= 15 is 0 Å². The predicted molar refractivity (Wildman–Crippen MR) is 123 cm³/mol. The molecule has 160 valence electrons. The first kappa shape index (κ1) is 24.6. The fourth-order valence-corrected chi connectivity index (χ4v) is 4.61. The van der Waals surface area contributed by atoms with Gasteiger partial charge in [-0.25, -0.2) is 0 Å². The number of hydrogen-bond donors (Lipinski definition) is 0. The van der Waals surface area contributed by atoms with Gasteiger partial charge in [-0.1, -0.05) is 82.7 Å². The number of likely N-dealkylation sites (tertiary alicyclic amines) is 1. The standard InChI is InChI=1S/C26H51N/c1-20(24(6,7)8)18-25(9,10)26(11,12)22(19-23(3,4)5)21(2)27-16-14-13-15-17-27/h20,22H,2,13-19H2,1,3-12H3. The Kier molecular flexibility index (Phi) is 7.74. The van der Waals surface area contributed by atoms with Gasteiger partial charge in [0.2, 0.25) is 0 Å². The van der Waals surface area contributed by atoms with Gasteiger partial charge in [0.15, 0.2) is 0 Å². The molecule has 0 saturated carbocycles. The van der Waals surface area contributed by atoms with Gasteiger partial charge >= 0.3 is 0 Å². The van der Waals surface area contributed by atoms with Crippen molar-refractivity contribution in [2.75, 3.05) is 13.1 Å². The lowest BCUT2D eigenvalue weighted by Crippen LogP contribution is -2.46. The average molecular weight is 378 g/mol. The molecule has 1 saturated heterocycles. The van der Waals surface area contributed by atoms with E-state index < -0.39 is 0 Å². The quantitative estimate of drug-likeness (QED) is 0.432. The summed E-state index contributed by atoms with van der Waals surface area (Å²) in [6.45, 7) is 33.9.